The van der Waals surface area contributed by atoms with Crippen LogP contribution in [0.4, 0.5) is 0 Å². The maximum absolute atomic E-state index is 11.8. The zero-order valence-electron chi connectivity index (χ0n) is 20.3. The van der Waals surface area contributed by atoms with Crippen molar-refractivity contribution in [2.75, 3.05) is 6.26 Å². The van der Waals surface area contributed by atoms with Gasteiger partial charge in [0.05, 0.1) is 30.7 Å². The lowest BCUT2D eigenvalue weighted by molar-refractivity contribution is -0.148. The third-order valence-corrected chi connectivity index (χ3v) is 7.27. The summed E-state index contributed by atoms with van der Waals surface area (Å²) in [6.45, 7) is 2.20. The van der Waals surface area contributed by atoms with Crippen molar-refractivity contribution in [3.8, 4) is 0 Å². The summed E-state index contributed by atoms with van der Waals surface area (Å²) in [4.78, 5) is 11.4. The first kappa shape index (κ1) is 28.5. The first-order chi connectivity index (χ1) is 15.7. The second-order valence-corrected chi connectivity index (χ2v) is 11.3. The summed E-state index contributed by atoms with van der Waals surface area (Å²) in [5.74, 6) is -0.232. The van der Waals surface area contributed by atoms with Crippen LogP contribution in [0, 0.1) is 0 Å². The molecule has 2 N–H and O–H groups in total. The van der Waals surface area contributed by atoms with Crippen molar-refractivity contribution < 1.29 is 37.1 Å². The van der Waals surface area contributed by atoms with Crippen LogP contribution >= 0.6 is 0 Å². The molecule has 0 aromatic heterocycles. The molecule has 2 saturated heterocycles. The Bertz CT molecular complexity index is 667. The average Bonchev–Trinajstić information content (AvgIpc) is 3.41. The van der Waals surface area contributed by atoms with Crippen molar-refractivity contribution in [1.82, 2.24) is 0 Å². The zero-order chi connectivity index (χ0) is 24.3. The van der Waals surface area contributed by atoms with E-state index in [2.05, 4.69) is 6.92 Å². The Morgan fingerprint density at radius 1 is 0.909 bits per heavy atom. The summed E-state index contributed by atoms with van der Waals surface area (Å²) in [7, 11) is -3.71. The standard InChI is InChI=1S/C24H44O8S/c1-3-4-5-6-7-8-9-10-11-18(25)19(26)12-13-23(32-33(2,28)29)22-15-14-20(30-22)21-16-17-24(27)31-21/h18-23,25-26H,3-17H2,1-2H3/t18-,19+,20+,21+,22+,23-/m0/s1. The molecular formula is C24H44O8S. The molecular weight excluding hydrogens is 448 g/mol. The Kier molecular flexibility index (Phi) is 12.6. The fraction of sp³-hybridized carbons (Fsp3) is 0.958. The number of ether oxygens (including phenoxy) is 2. The lowest BCUT2D eigenvalue weighted by Crippen LogP contribution is -2.35. The van der Waals surface area contributed by atoms with Gasteiger partial charge in [-0.3, -0.25) is 8.98 Å². The highest BCUT2D eigenvalue weighted by Gasteiger charge is 2.41. The molecule has 2 fully saturated rings. The highest BCUT2D eigenvalue weighted by molar-refractivity contribution is 7.86. The molecule has 0 saturated carbocycles. The molecule has 2 rings (SSSR count). The minimum absolute atomic E-state index is 0.224. The van der Waals surface area contributed by atoms with E-state index in [0.29, 0.717) is 32.1 Å². The van der Waals surface area contributed by atoms with Crippen molar-refractivity contribution in [2.45, 2.75) is 140 Å². The van der Waals surface area contributed by atoms with Crippen LogP contribution in [0.3, 0.4) is 0 Å². The summed E-state index contributed by atoms with van der Waals surface area (Å²) in [5, 5.41) is 20.7. The van der Waals surface area contributed by atoms with E-state index in [1.807, 2.05) is 0 Å². The van der Waals surface area contributed by atoms with Crippen molar-refractivity contribution in [3.05, 3.63) is 0 Å². The topological polar surface area (TPSA) is 119 Å². The Balaban J connectivity index is 1.72. The quantitative estimate of drug-likeness (QED) is 0.179. The summed E-state index contributed by atoms with van der Waals surface area (Å²) in [6, 6.07) is 0. The monoisotopic (exact) mass is 492 g/mol. The highest BCUT2D eigenvalue weighted by Crippen LogP contribution is 2.33. The van der Waals surface area contributed by atoms with E-state index in [1.165, 1.54) is 32.1 Å². The number of aliphatic hydroxyl groups is 2. The van der Waals surface area contributed by atoms with Gasteiger partial charge in [-0.25, -0.2) is 0 Å². The van der Waals surface area contributed by atoms with Gasteiger partial charge in [-0.1, -0.05) is 58.3 Å². The summed E-state index contributed by atoms with van der Waals surface area (Å²) >= 11 is 0. The number of hydrogen-bond acceptors (Lipinski definition) is 8. The molecule has 2 aliphatic rings. The molecule has 33 heavy (non-hydrogen) atoms. The van der Waals surface area contributed by atoms with Gasteiger partial charge in [-0.2, -0.15) is 8.42 Å². The van der Waals surface area contributed by atoms with Crippen LogP contribution in [0.5, 0.6) is 0 Å². The predicted octanol–water partition coefficient (Wildman–Crippen LogP) is 3.62. The maximum Gasteiger partial charge on any atom is 0.306 e. The van der Waals surface area contributed by atoms with Gasteiger partial charge < -0.3 is 19.7 Å². The van der Waals surface area contributed by atoms with Gasteiger partial charge >= 0.3 is 5.97 Å². The van der Waals surface area contributed by atoms with E-state index >= 15 is 0 Å². The number of carbonyl (C=O) groups is 1. The first-order valence-corrected chi connectivity index (χ1v) is 14.6. The number of unbranched alkanes of at least 4 members (excludes halogenated alkanes) is 7. The normalized spacial score (nSPS) is 26.3. The molecule has 2 aliphatic heterocycles. The molecule has 194 valence electrons. The Morgan fingerprint density at radius 2 is 1.55 bits per heavy atom. The van der Waals surface area contributed by atoms with Crippen molar-refractivity contribution in [3.63, 3.8) is 0 Å². The Labute approximate surface area is 199 Å². The van der Waals surface area contributed by atoms with E-state index in [0.717, 1.165) is 25.5 Å². The summed E-state index contributed by atoms with van der Waals surface area (Å²) in [6.07, 6.45) is 10.1. The lowest BCUT2D eigenvalue weighted by Gasteiger charge is -2.26. The molecule has 6 atom stereocenters. The third-order valence-electron chi connectivity index (χ3n) is 6.67. The smallest absolute Gasteiger partial charge is 0.306 e. The van der Waals surface area contributed by atoms with Crippen LogP contribution in [0.1, 0.15) is 103 Å². The molecule has 0 amide bonds. The zero-order valence-corrected chi connectivity index (χ0v) is 21.1. The number of aliphatic hydroxyl groups excluding tert-OH is 2. The van der Waals surface area contributed by atoms with E-state index in [-0.39, 0.29) is 31.0 Å². The second kappa shape index (κ2) is 14.6. The average molecular weight is 493 g/mol. The number of esters is 1. The van der Waals surface area contributed by atoms with Gasteiger partial charge in [-0.05, 0) is 38.5 Å². The maximum atomic E-state index is 11.8. The van der Waals surface area contributed by atoms with E-state index in [1.54, 1.807) is 0 Å². The molecule has 0 aromatic carbocycles. The molecule has 8 nitrogen and oxygen atoms in total. The molecule has 2 heterocycles. The highest BCUT2D eigenvalue weighted by atomic mass is 32.2. The molecule has 9 heteroatoms. The van der Waals surface area contributed by atoms with E-state index in [4.69, 9.17) is 13.7 Å². The van der Waals surface area contributed by atoms with Crippen molar-refractivity contribution in [1.29, 1.82) is 0 Å². The van der Waals surface area contributed by atoms with Crippen molar-refractivity contribution in [2.24, 2.45) is 0 Å². The van der Waals surface area contributed by atoms with E-state index < -0.39 is 34.5 Å². The van der Waals surface area contributed by atoms with Crippen molar-refractivity contribution >= 4 is 16.1 Å². The van der Waals surface area contributed by atoms with Gasteiger partial charge in [0.15, 0.2) is 0 Å². The predicted molar refractivity (Wildman–Crippen MR) is 125 cm³/mol. The van der Waals surface area contributed by atoms with Crippen LogP contribution in [0.2, 0.25) is 0 Å². The molecule has 0 spiro atoms. The number of carbonyl (C=O) groups excluding carboxylic acids is 1. The fourth-order valence-corrected chi connectivity index (χ4v) is 5.44. The number of rotatable bonds is 17. The number of cyclic esters (lactones) is 1. The minimum Gasteiger partial charge on any atom is -0.460 e. The Hall–Kier alpha value is -0.740. The van der Waals surface area contributed by atoms with Gasteiger partial charge in [0.25, 0.3) is 10.1 Å². The number of hydrogen-bond donors (Lipinski definition) is 2. The molecule has 0 bridgehead atoms. The third kappa shape index (κ3) is 11.0. The van der Waals surface area contributed by atoms with Crippen LogP contribution < -0.4 is 0 Å². The Morgan fingerprint density at radius 3 is 2.15 bits per heavy atom. The van der Waals surface area contributed by atoms with Crippen LogP contribution in [-0.2, 0) is 28.6 Å². The van der Waals surface area contributed by atoms with Crippen LogP contribution in [-0.4, -0.2) is 67.5 Å². The molecule has 0 radical (unpaired) electrons. The minimum atomic E-state index is -3.71. The fourth-order valence-electron chi connectivity index (χ4n) is 4.77. The van der Waals surface area contributed by atoms with Crippen LogP contribution in [0.25, 0.3) is 0 Å². The molecule has 0 aromatic rings. The van der Waals surface area contributed by atoms with Gasteiger partial charge in [0.2, 0.25) is 0 Å². The lowest BCUT2D eigenvalue weighted by atomic mass is 9.97. The molecule has 0 aliphatic carbocycles. The van der Waals surface area contributed by atoms with E-state index in [9.17, 15) is 23.4 Å². The van der Waals surface area contributed by atoms with Crippen LogP contribution in [0.15, 0.2) is 0 Å². The molecule has 0 unspecified atom stereocenters. The second-order valence-electron chi connectivity index (χ2n) is 9.67. The van der Waals surface area contributed by atoms with Gasteiger partial charge in [-0.15, -0.1) is 0 Å². The largest absolute Gasteiger partial charge is 0.460 e. The van der Waals surface area contributed by atoms with Gasteiger partial charge in [0, 0.05) is 6.42 Å². The van der Waals surface area contributed by atoms with Gasteiger partial charge in [0.1, 0.15) is 12.2 Å². The summed E-state index contributed by atoms with van der Waals surface area (Å²) in [5.41, 5.74) is 0. The summed E-state index contributed by atoms with van der Waals surface area (Å²) < 4.78 is 40.2. The SMILES string of the molecule is CCCCCCCCCC[C@H](O)[C@H](O)CC[C@H](OS(C)(=O)=O)[C@H]1CC[C@H]([C@H]2CCC(=O)O2)O1. The first-order valence-electron chi connectivity index (χ1n) is 12.8.